The highest BCUT2D eigenvalue weighted by Gasteiger charge is 2.19. The zero-order valence-corrected chi connectivity index (χ0v) is 13.4. The molecule has 23 heavy (non-hydrogen) atoms. The predicted octanol–water partition coefficient (Wildman–Crippen LogP) is 3.44. The van der Waals surface area contributed by atoms with Crippen molar-refractivity contribution >= 4 is 5.69 Å². The van der Waals surface area contributed by atoms with Gasteiger partial charge in [0.15, 0.2) is 0 Å². The fourth-order valence-corrected chi connectivity index (χ4v) is 2.29. The van der Waals surface area contributed by atoms with E-state index >= 15 is 0 Å². The Hall–Kier alpha value is -2.76. The number of anilines is 1. The van der Waals surface area contributed by atoms with Crippen molar-refractivity contribution in [1.82, 2.24) is 0 Å². The van der Waals surface area contributed by atoms with E-state index < -0.39 is 6.04 Å². The maximum Gasteiger partial charge on any atom is 0.227 e. The molecule has 1 atom stereocenters. The number of rotatable bonds is 7. The van der Waals surface area contributed by atoms with Crippen LogP contribution >= 0.6 is 0 Å². The number of ether oxygens (including phenoxy) is 2. The third kappa shape index (κ3) is 4.35. The van der Waals surface area contributed by atoms with Crippen molar-refractivity contribution in [1.29, 1.82) is 0 Å². The van der Waals surface area contributed by atoms with Crippen LogP contribution in [0.25, 0.3) is 0 Å². The van der Waals surface area contributed by atoms with Crippen LogP contribution in [0.1, 0.15) is 17.2 Å². The second kappa shape index (κ2) is 7.49. The number of benzene rings is 2. The molecule has 0 bridgehead atoms. The second-order valence-corrected chi connectivity index (χ2v) is 5.19. The van der Waals surface area contributed by atoms with Crippen molar-refractivity contribution in [2.24, 2.45) is 0 Å². The molecule has 0 spiro atoms. The van der Waals surface area contributed by atoms with Crippen LogP contribution in [0.2, 0.25) is 0 Å². The molecule has 2 aromatic rings. The number of hydrogen-bond acceptors (Lipinski definition) is 5. The molecular weight excluding hydrogens is 296 g/mol. The smallest absolute Gasteiger partial charge is 0.227 e. The van der Waals surface area contributed by atoms with Crippen LogP contribution in [0.5, 0.6) is 11.5 Å². The highest BCUT2D eigenvalue weighted by molar-refractivity contribution is 5.60. The number of nitrogens with zero attached hydrogens (tertiary/aromatic N) is 1. The fraction of sp³-hybridized carbons (Fsp3) is 0.294. The second-order valence-electron chi connectivity index (χ2n) is 5.19. The van der Waals surface area contributed by atoms with Gasteiger partial charge in [0.2, 0.25) is 6.54 Å². The average molecular weight is 316 g/mol. The van der Waals surface area contributed by atoms with Crippen LogP contribution in [0.3, 0.4) is 0 Å². The van der Waals surface area contributed by atoms with Crippen molar-refractivity contribution < 1.29 is 14.4 Å². The zero-order valence-electron chi connectivity index (χ0n) is 13.4. The van der Waals surface area contributed by atoms with Gasteiger partial charge in [0.25, 0.3) is 0 Å². The molecular formula is C17H20N2O4. The third-order valence-corrected chi connectivity index (χ3v) is 3.55. The van der Waals surface area contributed by atoms with E-state index in [0.29, 0.717) is 17.2 Å². The highest BCUT2D eigenvalue weighted by Crippen LogP contribution is 2.32. The molecule has 0 radical (unpaired) electrons. The maximum absolute atomic E-state index is 11.0. The Morgan fingerprint density at radius 2 is 1.83 bits per heavy atom. The summed E-state index contributed by atoms with van der Waals surface area (Å²) in [4.78, 5) is 10.7. The minimum atomic E-state index is -0.451. The molecule has 1 N–H and O–H groups in total. The lowest BCUT2D eigenvalue weighted by Crippen LogP contribution is -2.20. The van der Waals surface area contributed by atoms with Crippen LogP contribution in [-0.4, -0.2) is 25.7 Å². The van der Waals surface area contributed by atoms with Crippen molar-refractivity contribution in [2.45, 2.75) is 13.0 Å². The van der Waals surface area contributed by atoms with Gasteiger partial charge in [-0.25, -0.2) is 0 Å². The molecule has 0 aliphatic heterocycles. The van der Waals surface area contributed by atoms with Gasteiger partial charge in [0, 0.05) is 11.0 Å². The molecule has 0 aromatic heterocycles. The van der Waals surface area contributed by atoms with E-state index in [1.165, 1.54) is 0 Å². The first kappa shape index (κ1) is 16.6. The van der Waals surface area contributed by atoms with Crippen LogP contribution < -0.4 is 14.8 Å². The summed E-state index contributed by atoms with van der Waals surface area (Å²) >= 11 is 0. The lowest BCUT2D eigenvalue weighted by Gasteiger charge is -2.19. The van der Waals surface area contributed by atoms with Gasteiger partial charge in [-0.1, -0.05) is 29.8 Å². The van der Waals surface area contributed by atoms with Gasteiger partial charge in [-0.05, 0) is 24.6 Å². The van der Waals surface area contributed by atoms with Gasteiger partial charge < -0.3 is 14.8 Å². The van der Waals surface area contributed by atoms with Crippen LogP contribution in [-0.2, 0) is 0 Å². The van der Waals surface area contributed by atoms with Gasteiger partial charge in [-0.15, -0.1) is 0 Å². The Morgan fingerprint density at radius 1 is 1.13 bits per heavy atom. The summed E-state index contributed by atoms with van der Waals surface area (Å²) in [5.74, 6) is 1.23. The predicted molar refractivity (Wildman–Crippen MR) is 89.0 cm³/mol. The largest absolute Gasteiger partial charge is 0.497 e. The molecule has 0 amide bonds. The Balaban J connectivity index is 2.30. The Kier molecular flexibility index (Phi) is 5.41. The van der Waals surface area contributed by atoms with Crippen LogP contribution in [0.15, 0.2) is 42.5 Å². The number of nitrogens with one attached hydrogen (secondary N) is 1. The van der Waals surface area contributed by atoms with Crippen molar-refractivity contribution in [2.75, 3.05) is 26.1 Å². The van der Waals surface area contributed by atoms with E-state index in [-0.39, 0.29) is 11.5 Å². The Labute approximate surface area is 135 Å². The molecule has 2 aromatic carbocycles. The van der Waals surface area contributed by atoms with Crippen molar-refractivity contribution in [3.63, 3.8) is 0 Å². The standard InChI is InChI=1S/C17H20N2O4/c1-12-4-6-13(7-5-12)16(11-19(20)21)18-15-9-8-14(22-2)10-17(15)23-3/h4-10,16,18H,11H2,1-3H3/t16-/m1/s1. The summed E-state index contributed by atoms with van der Waals surface area (Å²) in [6.45, 7) is 1.75. The van der Waals surface area contributed by atoms with Crippen LogP contribution in [0, 0.1) is 17.0 Å². The van der Waals surface area contributed by atoms with Gasteiger partial charge in [0.1, 0.15) is 17.5 Å². The molecule has 0 fully saturated rings. The topological polar surface area (TPSA) is 73.6 Å². The molecule has 0 heterocycles. The Bertz CT molecular complexity index is 671. The van der Waals surface area contributed by atoms with E-state index in [0.717, 1.165) is 11.1 Å². The van der Waals surface area contributed by atoms with E-state index in [2.05, 4.69) is 5.32 Å². The molecule has 0 unspecified atom stereocenters. The number of hydrogen-bond donors (Lipinski definition) is 1. The number of methoxy groups -OCH3 is 2. The van der Waals surface area contributed by atoms with Gasteiger partial charge in [-0.3, -0.25) is 10.1 Å². The fourth-order valence-electron chi connectivity index (χ4n) is 2.29. The molecule has 0 saturated carbocycles. The quantitative estimate of drug-likeness (QED) is 0.625. The lowest BCUT2D eigenvalue weighted by atomic mass is 10.0. The number of nitro groups is 1. The third-order valence-electron chi connectivity index (χ3n) is 3.55. The normalized spacial score (nSPS) is 11.6. The Morgan fingerprint density at radius 3 is 2.39 bits per heavy atom. The summed E-state index contributed by atoms with van der Waals surface area (Å²) in [6.07, 6.45) is 0. The summed E-state index contributed by atoms with van der Waals surface area (Å²) < 4.78 is 10.5. The summed E-state index contributed by atoms with van der Waals surface area (Å²) in [7, 11) is 3.12. The van der Waals surface area contributed by atoms with Crippen molar-refractivity contribution in [3.05, 3.63) is 63.7 Å². The van der Waals surface area contributed by atoms with Gasteiger partial charge in [0.05, 0.1) is 19.9 Å². The monoisotopic (exact) mass is 316 g/mol. The molecule has 6 heteroatoms. The van der Waals surface area contributed by atoms with Gasteiger partial charge >= 0.3 is 0 Å². The number of aryl methyl sites for hydroxylation is 1. The van der Waals surface area contributed by atoms with E-state index in [1.54, 1.807) is 32.4 Å². The molecule has 0 saturated heterocycles. The summed E-state index contributed by atoms with van der Waals surface area (Å²) in [5.41, 5.74) is 2.64. The minimum absolute atomic E-state index is 0.224. The first-order valence-electron chi connectivity index (χ1n) is 7.20. The summed E-state index contributed by atoms with van der Waals surface area (Å²) in [5, 5.41) is 14.2. The zero-order chi connectivity index (χ0) is 16.8. The molecule has 0 aliphatic rings. The first-order valence-corrected chi connectivity index (χ1v) is 7.20. The maximum atomic E-state index is 11.0. The molecule has 122 valence electrons. The molecule has 0 aliphatic carbocycles. The van der Waals surface area contributed by atoms with Crippen LogP contribution in [0.4, 0.5) is 5.69 Å². The summed E-state index contributed by atoms with van der Waals surface area (Å²) in [6, 6.07) is 12.5. The SMILES string of the molecule is COc1ccc(N[C@H](C[N+](=O)[O-])c2ccc(C)cc2)c(OC)c1. The van der Waals surface area contributed by atoms with E-state index in [1.807, 2.05) is 31.2 Å². The van der Waals surface area contributed by atoms with Crippen molar-refractivity contribution in [3.8, 4) is 11.5 Å². The average Bonchev–Trinajstić information content (AvgIpc) is 2.54. The van der Waals surface area contributed by atoms with Gasteiger partial charge in [-0.2, -0.15) is 0 Å². The highest BCUT2D eigenvalue weighted by atomic mass is 16.6. The molecule has 6 nitrogen and oxygen atoms in total. The minimum Gasteiger partial charge on any atom is -0.497 e. The first-order chi connectivity index (χ1) is 11.0. The van der Waals surface area contributed by atoms with E-state index in [4.69, 9.17) is 9.47 Å². The van der Waals surface area contributed by atoms with E-state index in [9.17, 15) is 10.1 Å². The lowest BCUT2D eigenvalue weighted by molar-refractivity contribution is -0.482. The molecule has 2 rings (SSSR count).